The van der Waals surface area contributed by atoms with Crippen molar-refractivity contribution in [2.45, 2.75) is 69.5 Å². The molecular weight excluding hydrogens is 529 g/mol. The number of carbonyl (C=O) groups is 2. The minimum absolute atomic E-state index is 0.0208. The van der Waals surface area contributed by atoms with Gasteiger partial charge in [0, 0.05) is 12.6 Å². The van der Waals surface area contributed by atoms with E-state index in [4.69, 9.17) is 0 Å². The summed E-state index contributed by atoms with van der Waals surface area (Å²) in [5, 5.41) is 3.04. The van der Waals surface area contributed by atoms with E-state index in [1.165, 1.54) is 29.2 Å². The average molecular weight is 566 g/mol. The summed E-state index contributed by atoms with van der Waals surface area (Å²) in [4.78, 5) is 28.7. The zero-order chi connectivity index (χ0) is 28.7. The summed E-state index contributed by atoms with van der Waals surface area (Å²) in [6, 6.07) is 20.0. The van der Waals surface area contributed by atoms with Gasteiger partial charge in [0.2, 0.25) is 11.8 Å². The predicted octanol–water partition coefficient (Wildman–Crippen LogP) is 5.06. The van der Waals surface area contributed by atoms with Gasteiger partial charge >= 0.3 is 0 Å². The Labute approximate surface area is 236 Å². The standard InChI is InChI=1S/C31H36FN3O4S/c1-3-25-11-7-10-16-29(25)35(40(38,39)28-14-5-4-6-15-28)22-30(36)34(21-24-17-19-26(32)20-18-24)23(2)31(37)33-27-12-8-9-13-27/h4-7,10-11,14-20,23,27H,3,8-9,12-13,21-22H2,1-2H3,(H,33,37)/t23-/m0/s1. The molecular formula is C31H36FN3O4S. The lowest BCUT2D eigenvalue weighted by Crippen LogP contribution is -2.52. The maximum absolute atomic E-state index is 14.0. The van der Waals surface area contributed by atoms with Crippen LogP contribution in [0.4, 0.5) is 10.1 Å². The fourth-order valence-electron chi connectivity index (χ4n) is 5.05. The Hall–Kier alpha value is -3.72. The molecule has 1 atom stereocenters. The summed E-state index contributed by atoms with van der Waals surface area (Å²) in [5.41, 5.74) is 1.81. The SMILES string of the molecule is CCc1ccccc1N(CC(=O)N(Cc1ccc(F)cc1)[C@@H](C)C(=O)NC1CCCC1)S(=O)(=O)c1ccccc1. The third-order valence-corrected chi connectivity index (χ3v) is 9.16. The Morgan fingerprint density at radius 1 is 0.950 bits per heavy atom. The molecule has 4 rings (SSSR count). The summed E-state index contributed by atoms with van der Waals surface area (Å²) >= 11 is 0. The Morgan fingerprint density at radius 2 is 1.57 bits per heavy atom. The first-order valence-electron chi connectivity index (χ1n) is 13.7. The van der Waals surface area contributed by atoms with Gasteiger partial charge in [-0.2, -0.15) is 0 Å². The highest BCUT2D eigenvalue weighted by Gasteiger charge is 2.34. The molecule has 0 heterocycles. The summed E-state index contributed by atoms with van der Waals surface area (Å²) < 4.78 is 42.6. The zero-order valence-corrected chi connectivity index (χ0v) is 23.7. The molecule has 1 aliphatic carbocycles. The van der Waals surface area contributed by atoms with Crippen molar-refractivity contribution in [3.63, 3.8) is 0 Å². The van der Waals surface area contributed by atoms with E-state index in [2.05, 4.69) is 5.32 Å². The van der Waals surface area contributed by atoms with E-state index in [1.54, 1.807) is 49.4 Å². The van der Waals surface area contributed by atoms with Gasteiger partial charge in [0.1, 0.15) is 18.4 Å². The van der Waals surface area contributed by atoms with Gasteiger partial charge in [0.15, 0.2) is 0 Å². The van der Waals surface area contributed by atoms with Crippen molar-refractivity contribution in [2.24, 2.45) is 0 Å². The highest BCUT2D eigenvalue weighted by Crippen LogP contribution is 2.28. The number of anilines is 1. The van der Waals surface area contributed by atoms with Crippen molar-refractivity contribution in [3.05, 3.63) is 95.8 Å². The largest absolute Gasteiger partial charge is 0.352 e. The number of nitrogens with zero attached hydrogens (tertiary/aromatic N) is 2. The number of sulfonamides is 1. The normalized spacial score (nSPS) is 14.5. The topological polar surface area (TPSA) is 86.8 Å². The van der Waals surface area contributed by atoms with Crippen LogP contribution in [-0.4, -0.2) is 43.8 Å². The molecule has 0 aliphatic heterocycles. The van der Waals surface area contributed by atoms with Gasteiger partial charge < -0.3 is 10.2 Å². The molecule has 0 radical (unpaired) electrons. The molecule has 0 aromatic heterocycles. The molecule has 3 aromatic rings. The van der Waals surface area contributed by atoms with Crippen LogP contribution in [-0.2, 0) is 32.6 Å². The van der Waals surface area contributed by atoms with E-state index in [0.29, 0.717) is 17.7 Å². The molecule has 3 aromatic carbocycles. The van der Waals surface area contributed by atoms with Gasteiger partial charge in [0.05, 0.1) is 10.6 Å². The van der Waals surface area contributed by atoms with Crippen LogP contribution in [0.5, 0.6) is 0 Å². The molecule has 0 unspecified atom stereocenters. The molecule has 0 bridgehead atoms. The fraction of sp³-hybridized carbons (Fsp3) is 0.355. The van der Waals surface area contributed by atoms with Crippen molar-refractivity contribution in [2.75, 3.05) is 10.8 Å². The summed E-state index contributed by atoms with van der Waals surface area (Å²) in [7, 11) is -4.12. The smallest absolute Gasteiger partial charge is 0.264 e. The Kier molecular flexibility index (Phi) is 9.58. The molecule has 0 spiro atoms. The molecule has 9 heteroatoms. The molecule has 0 saturated heterocycles. The number of halogens is 1. The van der Waals surface area contributed by atoms with Crippen LogP contribution in [0, 0.1) is 5.82 Å². The van der Waals surface area contributed by atoms with Crippen LogP contribution >= 0.6 is 0 Å². The second kappa shape index (κ2) is 13.1. The van der Waals surface area contributed by atoms with Gasteiger partial charge in [-0.3, -0.25) is 13.9 Å². The van der Waals surface area contributed by atoms with Gasteiger partial charge in [-0.15, -0.1) is 0 Å². The first kappa shape index (κ1) is 29.3. The number of carbonyl (C=O) groups excluding carboxylic acids is 2. The van der Waals surface area contributed by atoms with Crippen LogP contribution in [0.25, 0.3) is 0 Å². The minimum Gasteiger partial charge on any atom is -0.352 e. The minimum atomic E-state index is -4.12. The second-order valence-corrected chi connectivity index (χ2v) is 12.0. The van der Waals surface area contributed by atoms with Crippen molar-refractivity contribution in [3.8, 4) is 0 Å². The Balaban J connectivity index is 1.70. The summed E-state index contributed by atoms with van der Waals surface area (Å²) in [5.74, 6) is -1.25. The number of benzene rings is 3. The Morgan fingerprint density at radius 3 is 2.23 bits per heavy atom. The van der Waals surface area contributed by atoms with Gasteiger partial charge in [-0.25, -0.2) is 12.8 Å². The predicted molar refractivity (Wildman–Crippen MR) is 154 cm³/mol. The van der Waals surface area contributed by atoms with Crippen LogP contribution in [0.3, 0.4) is 0 Å². The van der Waals surface area contributed by atoms with E-state index in [0.717, 1.165) is 35.6 Å². The molecule has 1 saturated carbocycles. The summed E-state index contributed by atoms with van der Waals surface area (Å²) in [6.45, 7) is 3.08. The van der Waals surface area contributed by atoms with Crippen molar-refractivity contribution in [1.29, 1.82) is 0 Å². The molecule has 212 valence electrons. The molecule has 40 heavy (non-hydrogen) atoms. The van der Waals surface area contributed by atoms with Crippen molar-refractivity contribution < 1.29 is 22.4 Å². The average Bonchev–Trinajstić information content (AvgIpc) is 3.48. The number of rotatable bonds is 11. The molecule has 1 aliphatic rings. The molecule has 1 N–H and O–H groups in total. The molecule has 7 nitrogen and oxygen atoms in total. The van der Waals surface area contributed by atoms with E-state index >= 15 is 0 Å². The quantitative estimate of drug-likeness (QED) is 0.352. The third-order valence-electron chi connectivity index (χ3n) is 7.39. The van der Waals surface area contributed by atoms with E-state index in [9.17, 15) is 22.4 Å². The zero-order valence-electron chi connectivity index (χ0n) is 22.9. The third kappa shape index (κ3) is 6.88. The number of nitrogens with one attached hydrogen (secondary N) is 1. The highest BCUT2D eigenvalue weighted by molar-refractivity contribution is 7.92. The highest BCUT2D eigenvalue weighted by atomic mass is 32.2. The lowest BCUT2D eigenvalue weighted by molar-refractivity contribution is -0.139. The van der Waals surface area contributed by atoms with Crippen LogP contribution in [0.15, 0.2) is 83.8 Å². The second-order valence-electron chi connectivity index (χ2n) is 10.1. The van der Waals surface area contributed by atoms with Gasteiger partial charge in [-0.05, 0) is 67.6 Å². The number of para-hydroxylation sites is 1. The monoisotopic (exact) mass is 565 g/mol. The number of amides is 2. The van der Waals surface area contributed by atoms with Gasteiger partial charge in [0.25, 0.3) is 10.0 Å². The van der Waals surface area contributed by atoms with E-state index in [-0.39, 0.29) is 23.4 Å². The van der Waals surface area contributed by atoms with Crippen LogP contribution in [0.1, 0.15) is 50.7 Å². The maximum Gasteiger partial charge on any atom is 0.264 e. The van der Waals surface area contributed by atoms with Crippen molar-refractivity contribution in [1.82, 2.24) is 10.2 Å². The number of hydrogen-bond acceptors (Lipinski definition) is 4. The van der Waals surface area contributed by atoms with E-state index in [1.807, 2.05) is 19.1 Å². The van der Waals surface area contributed by atoms with Crippen LogP contribution < -0.4 is 9.62 Å². The number of hydrogen-bond donors (Lipinski definition) is 1. The molecule has 2 amide bonds. The fourth-order valence-corrected chi connectivity index (χ4v) is 6.52. The van der Waals surface area contributed by atoms with E-state index < -0.39 is 34.3 Å². The van der Waals surface area contributed by atoms with Gasteiger partial charge in [-0.1, -0.05) is 68.3 Å². The lowest BCUT2D eigenvalue weighted by Gasteiger charge is -2.33. The molecule has 1 fully saturated rings. The first-order chi connectivity index (χ1) is 19.2. The Bertz CT molecular complexity index is 1410. The van der Waals surface area contributed by atoms with Crippen molar-refractivity contribution >= 4 is 27.5 Å². The first-order valence-corrected chi connectivity index (χ1v) is 15.1. The van der Waals surface area contributed by atoms with Crippen LogP contribution in [0.2, 0.25) is 0 Å². The maximum atomic E-state index is 14.0. The number of aryl methyl sites for hydroxylation is 1. The summed E-state index contributed by atoms with van der Waals surface area (Å²) in [6.07, 6.45) is 4.43. The lowest BCUT2D eigenvalue weighted by atomic mass is 10.1.